The Morgan fingerprint density at radius 2 is 1.88 bits per heavy atom. The monoisotopic (exact) mass is 359 g/mol. The van der Waals surface area contributed by atoms with Crippen LogP contribution in [-0.4, -0.2) is 66.0 Å². The maximum atomic E-state index is 12.6. The summed E-state index contributed by atoms with van der Waals surface area (Å²) in [6.45, 7) is 3.42. The van der Waals surface area contributed by atoms with Gasteiger partial charge in [-0.1, -0.05) is 0 Å². The van der Waals surface area contributed by atoms with E-state index < -0.39 is 6.03 Å². The van der Waals surface area contributed by atoms with Crippen LogP contribution in [0.2, 0.25) is 0 Å². The summed E-state index contributed by atoms with van der Waals surface area (Å²) in [6.07, 6.45) is 8.52. The second-order valence-corrected chi connectivity index (χ2v) is 7.37. The Morgan fingerprint density at radius 3 is 2.54 bits per heavy atom. The molecule has 0 radical (unpaired) electrons. The number of hydrogen-bond donors (Lipinski definition) is 1. The number of amides is 3. The first-order valence-corrected chi connectivity index (χ1v) is 9.52. The van der Waals surface area contributed by atoms with Crippen LogP contribution in [-0.2, 0) is 4.79 Å². The van der Waals surface area contributed by atoms with E-state index in [4.69, 9.17) is 5.73 Å². The molecule has 0 spiro atoms. The molecule has 1 aromatic rings. The molecule has 3 heterocycles. The van der Waals surface area contributed by atoms with Gasteiger partial charge in [-0.2, -0.15) is 0 Å². The summed E-state index contributed by atoms with van der Waals surface area (Å²) in [6, 6.07) is 3.25. The highest BCUT2D eigenvalue weighted by molar-refractivity contribution is 5.87. The maximum Gasteiger partial charge on any atom is 0.315 e. The summed E-state index contributed by atoms with van der Waals surface area (Å²) in [7, 11) is 1.84. The highest BCUT2D eigenvalue weighted by atomic mass is 16.2. The Kier molecular flexibility index (Phi) is 5.96. The van der Waals surface area contributed by atoms with E-state index >= 15 is 0 Å². The Labute approximate surface area is 155 Å². The number of likely N-dealkylation sites (tertiary alicyclic amines) is 1. The molecule has 2 aliphatic heterocycles. The zero-order valence-corrected chi connectivity index (χ0v) is 15.5. The normalized spacial score (nSPS) is 21.0. The van der Waals surface area contributed by atoms with Gasteiger partial charge in [0, 0.05) is 51.3 Å². The largest absolute Gasteiger partial charge is 0.371 e. The molecule has 3 rings (SSSR count). The van der Waals surface area contributed by atoms with Gasteiger partial charge in [0.2, 0.25) is 5.91 Å². The van der Waals surface area contributed by atoms with Crippen LogP contribution in [0.3, 0.4) is 0 Å². The van der Waals surface area contributed by atoms with Gasteiger partial charge in [0.05, 0.1) is 0 Å². The number of rotatable bonds is 5. The number of anilines is 1. The van der Waals surface area contributed by atoms with E-state index in [0.29, 0.717) is 12.5 Å². The number of aromatic nitrogens is 1. The van der Waals surface area contributed by atoms with Gasteiger partial charge in [-0.3, -0.25) is 9.78 Å². The third-order valence-corrected chi connectivity index (χ3v) is 5.71. The van der Waals surface area contributed by atoms with Crippen molar-refractivity contribution in [1.82, 2.24) is 14.8 Å². The fourth-order valence-electron chi connectivity index (χ4n) is 4.06. The molecule has 0 aliphatic carbocycles. The molecule has 0 saturated carbocycles. The van der Waals surface area contributed by atoms with Gasteiger partial charge < -0.3 is 20.4 Å². The summed E-state index contributed by atoms with van der Waals surface area (Å²) in [5.74, 6) is 0.662. The molecule has 7 nitrogen and oxygen atoms in total. The second-order valence-electron chi connectivity index (χ2n) is 7.37. The molecule has 1 atom stereocenters. The lowest BCUT2D eigenvalue weighted by molar-refractivity contribution is -0.134. The zero-order chi connectivity index (χ0) is 18.5. The van der Waals surface area contributed by atoms with Gasteiger partial charge in [-0.05, 0) is 50.2 Å². The predicted molar refractivity (Wildman–Crippen MR) is 101 cm³/mol. The molecule has 0 aromatic carbocycles. The average molecular weight is 359 g/mol. The fourth-order valence-corrected chi connectivity index (χ4v) is 4.06. The number of urea groups is 1. The van der Waals surface area contributed by atoms with Gasteiger partial charge in [-0.15, -0.1) is 0 Å². The molecular formula is C19H29N5O2. The number of carbonyl (C=O) groups is 2. The lowest BCUT2D eigenvalue weighted by Gasteiger charge is -2.34. The minimum Gasteiger partial charge on any atom is -0.371 e. The van der Waals surface area contributed by atoms with Crippen molar-refractivity contribution in [2.75, 3.05) is 38.1 Å². The second kappa shape index (κ2) is 8.38. The molecular weight excluding hydrogens is 330 g/mol. The lowest BCUT2D eigenvalue weighted by Crippen LogP contribution is -2.48. The minimum atomic E-state index is -0.488. The number of hydrogen-bond acceptors (Lipinski definition) is 4. The van der Waals surface area contributed by atoms with E-state index in [2.05, 4.69) is 22.0 Å². The van der Waals surface area contributed by atoms with Gasteiger partial charge in [-0.25, -0.2) is 4.79 Å². The third kappa shape index (κ3) is 4.26. The fraction of sp³-hybridized carbons (Fsp3) is 0.632. The van der Waals surface area contributed by atoms with Crippen LogP contribution in [0.5, 0.6) is 0 Å². The highest BCUT2D eigenvalue weighted by Gasteiger charge is 2.34. The van der Waals surface area contributed by atoms with E-state index in [1.807, 2.05) is 19.4 Å². The highest BCUT2D eigenvalue weighted by Crippen LogP contribution is 2.25. The summed E-state index contributed by atoms with van der Waals surface area (Å²) < 4.78 is 0. The molecule has 2 aliphatic rings. The smallest absolute Gasteiger partial charge is 0.315 e. The van der Waals surface area contributed by atoms with E-state index in [9.17, 15) is 9.59 Å². The predicted octanol–water partition coefficient (Wildman–Crippen LogP) is 1.69. The summed E-state index contributed by atoms with van der Waals surface area (Å²) >= 11 is 0. The standard InChI is InChI=1S/C19H29N5O2/c1-22(18(25)17-3-2-11-24(17)19(20)26)12-6-15-7-13-23(14-8-15)16-4-9-21-10-5-16/h4-5,9-10,15,17H,2-3,6-8,11-14H2,1H3,(H2,20,26)/t17-/m0/s1. The van der Waals surface area contributed by atoms with Gasteiger partial charge >= 0.3 is 6.03 Å². The topological polar surface area (TPSA) is 82.8 Å². The molecule has 2 fully saturated rings. The first-order valence-electron chi connectivity index (χ1n) is 9.52. The van der Waals surface area contributed by atoms with Gasteiger partial charge in [0.1, 0.15) is 6.04 Å². The van der Waals surface area contributed by atoms with Crippen LogP contribution in [0, 0.1) is 5.92 Å². The number of likely N-dealkylation sites (N-methyl/N-ethyl adjacent to an activating group) is 1. The molecule has 1 aromatic heterocycles. The molecule has 3 amide bonds. The van der Waals surface area contributed by atoms with Crippen molar-refractivity contribution in [3.8, 4) is 0 Å². The van der Waals surface area contributed by atoms with E-state index in [1.54, 1.807) is 4.90 Å². The zero-order valence-electron chi connectivity index (χ0n) is 15.5. The number of primary amides is 1. The molecule has 0 bridgehead atoms. The Morgan fingerprint density at radius 1 is 1.19 bits per heavy atom. The molecule has 7 heteroatoms. The maximum absolute atomic E-state index is 12.6. The number of nitrogens with zero attached hydrogens (tertiary/aromatic N) is 4. The average Bonchev–Trinajstić information content (AvgIpc) is 3.17. The molecule has 2 saturated heterocycles. The van der Waals surface area contributed by atoms with Gasteiger partial charge in [0.25, 0.3) is 0 Å². The Bertz CT molecular complexity index is 616. The first-order chi connectivity index (χ1) is 12.6. The Balaban J connectivity index is 1.43. The minimum absolute atomic E-state index is 0.0236. The van der Waals surface area contributed by atoms with E-state index in [1.165, 1.54) is 10.6 Å². The van der Waals surface area contributed by atoms with Gasteiger partial charge in [0.15, 0.2) is 0 Å². The van der Waals surface area contributed by atoms with E-state index in [0.717, 1.165) is 51.7 Å². The summed E-state index contributed by atoms with van der Waals surface area (Å²) in [5.41, 5.74) is 6.62. The summed E-state index contributed by atoms with van der Waals surface area (Å²) in [4.78, 5) is 33.8. The first kappa shape index (κ1) is 18.5. The summed E-state index contributed by atoms with van der Waals surface area (Å²) in [5, 5.41) is 0. The van der Waals surface area contributed by atoms with Crippen LogP contribution in [0.15, 0.2) is 24.5 Å². The van der Waals surface area contributed by atoms with Crippen molar-refractivity contribution in [3.05, 3.63) is 24.5 Å². The molecule has 26 heavy (non-hydrogen) atoms. The molecule has 0 unspecified atom stereocenters. The number of pyridine rings is 1. The molecule has 2 N–H and O–H groups in total. The number of piperidine rings is 1. The van der Waals surface area contributed by atoms with Crippen molar-refractivity contribution >= 4 is 17.6 Å². The van der Waals surface area contributed by atoms with Crippen LogP contribution in [0.1, 0.15) is 32.1 Å². The van der Waals surface area contributed by atoms with Crippen LogP contribution in [0.25, 0.3) is 0 Å². The van der Waals surface area contributed by atoms with Crippen LogP contribution >= 0.6 is 0 Å². The van der Waals surface area contributed by atoms with Crippen molar-refractivity contribution in [2.45, 2.75) is 38.1 Å². The SMILES string of the molecule is CN(CCC1CCN(c2ccncc2)CC1)C(=O)[C@@H]1CCCN1C(N)=O. The number of nitrogens with two attached hydrogens (primary N) is 1. The van der Waals surface area contributed by atoms with Crippen molar-refractivity contribution in [2.24, 2.45) is 11.7 Å². The third-order valence-electron chi connectivity index (χ3n) is 5.71. The van der Waals surface area contributed by atoms with Crippen molar-refractivity contribution in [3.63, 3.8) is 0 Å². The quantitative estimate of drug-likeness (QED) is 0.867. The molecule has 142 valence electrons. The number of carbonyl (C=O) groups excluding carboxylic acids is 2. The lowest BCUT2D eigenvalue weighted by atomic mass is 9.93. The van der Waals surface area contributed by atoms with Crippen LogP contribution in [0.4, 0.5) is 10.5 Å². The van der Waals surface area contributed by atoms with E-state index in [-0.39, 0.29) is 11.9 Å². The Hall–Kier alpha value is -2.31. The van der Waals surface area contributed by atoms with Crippen molar-refractivity contribution in [1.29, 1.82) is 0 Å². The van der Waals surface area contributed by atoms with Crippen molar-refractivity contribution < 1.29 is 9.59 Å². The van der Waals surface area contributed by atoms with Crippen LogP contribution < -0.4 is 10.6 Å².